The lowest BCUT2D eigenvalue weighted by Gasteiger charge is -2.47. The molecule has 0 heterocycles. The third-order valence-corrected chi connectivity index (χ3v) is 4.46. The molecular formula is C16H25N3O2. The van der Waals surface area contributed by atoms with Crippen LogP contribution in [0.3, 0.4) is 0 Å². The van der Waals surface area contributed by atoms with E-state index in [0.717, 1.165) is 24.1 Å². The Labute approximate surface area is 126 Å². The minimum atomic E-state index is -0.494. The second-order valence-electron chi connectivity index (χ2n) is 6.08. The van der Waals surface area contributed by atoms with Crippen LogP contribution in [0.25, 0.3) is 0 Å². The number of benzene rings is 1. The number of likely N-dealkylation sites (N-methyl/N-ethyl adjacent to an activating group) is 1. The van der Waals surface area contributed by atoms with E-state index in [1.54, 1.807) is 19.1 Å². The average molecular weight is 291 g/mol. The third kappa shape index (κ3) is 3.74. The SMILES string of the molecule is CC(O)c1ccc(NC(=O)NCC2(N(C)C)CCC2)cc1. The van der Waals surface area contributed by atoms with Gasteiger partial charge in [0, 0.05) is 17.8 Å². The van der Waals surface area contributed by atoms with E-state index in [2.05, 4.69) is 29.6 Å². The largest absolute Gasteiger partial charge is 0.389 e. The Kier molecular flexibility index (Phi) is 4.85. The van der Waals surface area contributed by atoms with Gasteiger partial charge in [-0.15, -0.1) is 0 Å². The lowest BCUT2D eigenvalue weighted by Crippen LogP contribution is -2.57. The molecule has 0 radical (unpaired) electrons. The molecule has 5 heteroatoms. The first-order valence-electron chi connectivity index (χ1n) is 7.43. The van der Waals surface area contributed by atoms with Gasteiger partial charge in [0.15, 0.2) is 0 Å². The maximum Gasteiger partial charge on any atom is 0.319 e. The van der Waals surface area contributed by atoms with E-state index in [0.29, 0.717) is 6.54 Å². The van der Waals surface area contributed by atoms with Gasteiger partial charge in [-0.05, 0) is 58.0 Å². The number of carbonyl (C=O) groups is 1. The van der Waals surface area contributed by atoms with Crippen molar-refractivity contribution in [3.8, 4) is 0 Å². The summed E-state index contributed by atoms with van der Waals surface area (Å²) in [6, 6.07) is 7.04. The molecule has 3 N–H and O–H groups in total. The summed E-state index contributed by atoms with van der Waals surface area (Å²) in [7, 11) is 4.13. The summed E-state index contributed by atoms with van der Waals surface area (Å²) in [6.45, 7) is 2.38. The average Bonchev–Trinajstić information content (AvgIpc) is 2.37. The zero-order chi connectivity index (χ0) is 15.5. The number of amides is 2. The van der Waals surface area contributed by atoms with E-state index in [-0.39, 0.29) is 11.6 Å². The Morgan fingerprint density at radius 3 is 2.38 bits per heavy atom. The Morgan fingerprint density at radius 2 is 1.95 bits per heavy atom. The van der Waals surface area contributed by atoms with Crippen LogP contribution in [-0.4, -0.2) is 42.2 Å². The van der Waals surface area contributed by atoms with Crippen molar-refractivity contribution < 1.29 is 9.90 Å². The van der Waals surface area contributed by atoms with E-state index in [4.69, 9.17) is 0 Å². The number of anilines is 1. The first-order valence-corrected chi connectivity index (χ1v) is 7.43. The van der Waals surface area contributed by atoms with Crippen LogP contribution in [0.1, 0.15) is 37.9 Å². The molecule has 1 aromatic rings. The third-order valence-electron chi connectivity index (χ3n) is 4.46. The maximum atomic E-state index is 12.0. The minimum Gasteiger partial charge on any atom is -0.389 e. The summed E-state index contributed by atoms with van der Waals surface area (Å²) >= 11 is 0. The summed E-state index contributed by atoms with van der Waals surface area (Å²) < 4.78 is 0. The predicted molar refractivity (Wildman–Crippen MR) is 84.4 cm³/mol. The number of nitrogens with one attached hydrogen (secondary N) is 2. The number of hydrogen-bond donors (Lipinski definition) is 3. The van der Waals surface area contributed by atoms with Crippen LogP contribution >= 0.6 is 0 Å². The second kappa shape index (κ2) is 6.45. The van der Waals surface area contributed by atoms with E-state index >= 15 is 0 Å². The topological polar surface area (TPSA) is 64.6 Å². The maximum absolute atomic E-state index is 12.0. The lowest BCUT2D eigenvalue weighted by molar-refractivity contribution is 0.0630. The Hall–Kier alpha value is -1.59. The predicted octanol–water partition coefficient (Wildman–Crippen LogP) is 2.35. The molecule has 1 aliphatic rings. The van der Waals surface area contributed by atoms with Crippen LogP contribution in [0.4, 0.5) is 10.5 Å². The number of urea groups is 1. The zero-order valence-electron chi connectivity index (χ0n) is 13.0. The van der Waals surface area contributed by atoms with Gasteiger partial charge in [-0.1, -0.05) is 12.1 Å². The standard InChI is InChI=1S/C16H25N3O2/c1-12(20)13-5-7-14(8-6-13)18-15(21)17-11-16(19(2)3)9-4-10-16/h5-8,12,20H,4,9-11H2,1-3H3,(H2,17,18,21). The van der Waals surface area contributed by atoms with Crippen molar-refractivity contribution in [3.05, 3.63) is 29.8 Å². The van der Waals surface area contributed by atoms with Crippen LogP contribution in [0.2, 0.25) is 0 Å². The van der Waals surface area contributed by atoms with Gasteiger partial charge >= 0.3 is 6.03 Å². The van der Waals surface area contributed by atoms with Gasteiger partial charge in [0.2, 0.25) is 0 Å². The fourth-order valence-electron chi connectivity index (χ4n) is 2.63. The summed E-state index contributed by atoms with van der Waals surface area (Å²) in [4.78, 5) is 14.2. The summed E-state index contributed by atoms with van der Waals surface area (Å²) in [5.74, 6) is 0. The molecule has 0 saturated heterocycles. The molecule has 21 heavy (non-hydrogen) atoms. The second-order valence-corrected chi connectivity index (χ2v) is 6.08. The number of nitrogens with zero attached hydrogens (tertiary/aromatic N) is 1. The van der Waals surface area contributed by atoms with E-state index < -0.39 is 6.10 Å². The van der Waals surface area contributed by atoms with Crippen molar-refractivity contribution in [2.45, 2.75) is 37.8 Å². The van der Waals surface area contributed by atoms with E-state index in [1.807, 2.05) is 12.1 Å². The molecule has 5 nitrogen and oxygen atoms in total. The van der Waals surface area contributed by atoms with E-state index in [9.17, 15) is 9.90 Å². The number of rotatable bonds is 5. The van der Waals surface area contributed by atoms with Crippen LogP contribution in [0, 0.1) is 0 Å². The van der Waals surface area contributed by atoms with Crippen molar-refractivity contribution in [1.82, 2.24) is 10.2 Å². The van der Waals surface area contributed by atoms with Crippen LogP contribution in [-0.2, 0) is 0 Å². The van der Waals surface area contributed by atoms with E-state index in [1.165, 1.54) is 6.42 Å². The molecule has 116 valence electrons. The normalized spacial score (nSPS) is 18.0. The molecule has 0 aliphatic heterocycles. The molecule has 1 aromatic carbocycles. The van der Waals surface area contributed by atoms with Crippen LogP contribution in [0.5, 0.6) is 0 Å². The molecule has 1 fully saturated rings. The van der Waals surface area contributed by atoms with Crippen molar-refractivity contribution >= 4 is 11.7 Å². The molecule has 1 atom stereocenters. The van der Waals surface area contributed by atoms with Gasteiger partial charge in [0.1, 0.15) is 0 Å². The first-order chi connectivity index (χ1) is 9.93. The summed E-state index contributed by atoms with van der Waals surface area (Å²) in [5, 5.41) is 15.2. The fraction of sp³-hybridized carbons (Fsp3) is 0.562. The van der Waals surface area contributed by atoms with Gasteiger partial charge in [-0.2, -0.15) is 0 Å². The molecule has 1 saturated carbocycles. The number of aliphatic hydroxyl groups excluding tert-OH is 1. The highest BCUT2D eigenvalue weighted by Gasteiger charge is 2.39. The molecule has 0 spiro atoms. The number of aliphatic hydroxyl groups is 1. The molecule has 0 bridgehead atoms. The van der Waals surface area contributed by atoms with Gasteiger partial charge in [-0.25, -0.2) is 4.79 Å². The van der Waals surface area contributed by atoms with Crippen LogP contribution in [0.15, 0.2) is 24.3 Å². The molecular weight excluding hydrogens is 266 g/mol. The molecule has 2 rings (SSSR count). The van der Waals surface area contributed by atoms with Crippen LogP contribution < -0.4 is 10.6 Å². The van der Waals surface area contributed by atoms with Crippen molar-refractivity contribution in [2.75, 3.05) is 26.0 Å². The van der Waals surface area contributed by atoms with Gasteiger partial charge in [0.05, 0.1) is 6.10 Å². The highest BCUT2D eigenvalue weighted by Crippen LogP contribution is 2.35. The summed E-state index contributed by atoms with van der Waals surface area (Å²) in [6.07, 6.45) is 2.99. The number of carbonyl (C=O) groups excluding carboxylic acids is 1. The molecule has 1 aliphatic carbocycles. The van der Waals surface area contributed by atoms with Crippen molar-refractivity contribution in [1.29, 1.82) is 0 Å². The monoisotopic (exact) mass is 291 g/mol. The smallest absolute Gasteiger partial charge is 0.319 e. The Balaban J connectivity index is 1.84. The van der Waals surface area contributed by atoms with Gasteiger partial charge in [0.25, 0.3) is 0 Å². The lowest BCUT2D eigenvalue weighted by atomic mass is 9.75. The van der Waals surface area contributed by atoms with Gasteiger partial charge in [-0.3, -0.25) is 0 Å². The van der Waals surface area contributed by atoms with Crippen molar-refractivity contribution in [2.24, 2.45) is 0 Å². The van der Waals surface area contributed by atoms with Crippen molar-refractivity contribution in [3.63, 3.8) is 0 Å². The minimum absolute atomic E-state index is 0.119. The molecule has 2 amide bonds. The fourth-order valence-corrected chi connectivity index (χ4v) is 2.63. The highest BCUT2D eigenvalue weighted by molar-refractivity contribution is 5.89. The molecule has 1 unspecified atom stereocenters. The Morgan fingerprint density at radius 1 is 1.33 bits per heavy atom. The quantitative estimate of drug-likeness (QED) is 0.780. The van der Waals surface area contributed by atoms with Gasteiger partial charge < -0.3 is 20.6 Å². The molecule has 0 aromatic heterocycles. The Bertz CT molecular complexity index is 479. The highest BCUT2D eigenvalue weighted by atomic mass is 16.3. The first kappa shape index (κ1) is 15.8. The number of hydrogen-bond acceptors (Lipinski definition) is 3. The zero-order valence-corrected chi connectivity index (χ0v) is 13.0. The summed E-state index contributed by atoms with van der Waals surface area (Å²) in [5.41, 5.74) is 1.68.